The first-order valence-corrected chi connectivity index (χ1v) is 6.77. The van der Waals surface area contributed by atoms with E-state index in [1.807, 2.05) is 27.7 Å². The highest BCUT2D eigenvalue weighted by Gasteiger charge is 2.75. The van der Waals surface area contributed by atoms with Crippen molar-refractivity contribution in [3.05, 3.63) is 11.3 Å². The predicted molar refractivity (Wildman–Crippen MR) is 68.9 cm³/mol. The molecule has 2 saturated carbocycles. The van der Waals surface area contributed by atoms with Crippen LogP contribution in [0.25, 0.3) is 0 Å². The molecule has 0 heterocycles. The van der Waals surface area contributed by atoms with E-state index in [1.54, 1.807) is 0 Å². The first-order valence-electron chi connectivity index (χ1n) is 6.77. The second kappa shape index (κ2) is 3.17. The monoisotopic (exact) mass is 261 g/mol. The standard InChI is InChI=1S/C15H19NO3/c1-6-5-7(17)10(16)8-11(18)12(19)9-13(14(9,2)3)15(6,8)4/h6,9,13H,5,16H2,1-4H3/t6-,9-,13?,15+/m1/s1. The van der Waals surface area contributed by atoms with Crippen LogP contribution in [0.15, 0.2) is 11.3 Å². The summed E-state index contributed by atoms with van der Waals surface area (Å²) in [6, 6.07) is 0. The van der Waals surface area contributed by atoms with Gasteiger partial charge in [-0.05, 0) is 17.3 Å². The van der Waals surface area contributed by atoms with Gasteiger partial charge in [0.2, 0.25) is 11.6 Å². The molecule has 0 bridgehead atoms. The van der Waals surface area contributed by atoms with Crippen molar-refractivity contribution >= 4 is 17.3 Å². The summed E-state index contributed by atoms with van der Waals surface area (Å²) >= 11 is 0. The Morgan fingerprint density at radius 2 is 1.74 bits per heavy atom. The Morgan fingerprint density at radius 1 is 1.16 bits per heavy atom. The van der Waals surface area contributed by atoms with Gasteiger partial charge in [-0.25, -0.2) is 0 Å². The Labute approximate surface area is 112 Å². The zero-order valence-corrected chi connectivity index (χ0v) is 11.7. The highest BCUT2D eigenvalue weighted by Crippen LogP contribution is 2.73. The summed E-state index contributed by atoms with van der Waals surface area (Å²) in [6.07, 6.45) is 0.368. The summed E-state index contributed by atoms with van der Waals surface area (Å²) in [7, 11) is 0. The maximum absolute atomic E-state index is 12.4. The topological polar surface area (TPSA) is 77.2 Å². The van der Waals surface area contributed by atoms with Crippen LogP contribution in [-0.2, 0) is 14.4 Å². The van der Waals surface area contributed by atoms with Crippen LogP contribution in [-0.4, -0.2) is 17.3 Å². The minimum absolute atomic E-state index is 0.0279. The average Bonchev–Trinajstić information content (AvgIpc) is 2.88. The van der Waals surface area contributed by atoms with Crippen LogP contribution >= 0.6 is 0 Å². The zero-order valence-electron chi connectivity index (χ0n) is 11.7. The maximum Gasteiger partial charge on any atom is 0.227 e. The molecule has 1 unspecified atom stereocenters. The fourth-order valence-electron chi connectivity index (χ4n) is 4.62. The fraction of sp³-hybridized carbons (Fsp3) is 0.667. The average molecular weight is 261 g/mol. The lowest BCUT2D eigenvalue weighted by atomic mass is 9.58. The van der Waals surface area contributed by atoms with Crippen LogP contribution in [0, 0.1) is 28.6 Å². The van der Waals surface area contributed by atoms with Crippen LogP contribution < -0.4 is 5.73 Å². The van der Waals surface area contributed by atoms with Crippen LogP contribution in [0.2, 0.25) is 0 Å². The molecule has 2 fully saturated rings. The number of hydrogen-bond acceptors (Lipinski definition) is 4. The highest BCUT2D eigenvalue weighted by atomic mass is 16.2. The summed E-state index contributed by atoms with van der Waals surface area (Å²) in [5.41, 5.74) is 5.58. The Hall–Kier alpha value is -1.45. The molecule has 4 heteroatoms. The van der Waals surface area contributed by atoms with Crippen LogP contribution in [0.3, 0.4) is 0 Å². The number of nitrogens with two attached hydrogens (primary N) is 1. The van der Waals surface area contributed by atoms with E-state index in [-0.39, 0.29) is 40.4 Å². The van der Waals surface area contributed by atoms with Gasteiger partial charge in [-0.1, -0.05) is 27.7 Å². The lowest BCUT2D eigenvalue weighted by Gasteiger charge is -2.44. The van der Waals surface area contributed by atoms with Gasteiger partial charge in [0.1, 0.15) is 0 Å². The van der Waals surface area contributed by atoms with E-state index < -0.39 is 11.2 Å². The van der Waals surface area contributed by atoms with Gasteiger partial charge >= 0.3 is 0 Å². The maximum atomic E-state index is 12.4. The predicted octanol–water partition coefficient (Wildman–Crippen LogP) is 1.24. The fourth-order valence-corrected chi connectivity index (χ4v) is 4.62. The molecular formula is C15H19NO3. The van der Waals surface area contributed by atoms with Gasteiger partial charge in [-0.3, -0.25) is 14.4 Å². The smallest absolute Gasteiger partial charge is 0.227 e. The van der Waals surface area contributed by atoms with Crippen molar-refractivity contribution in [2.45, 2.75) is 34.1 Å². The minimum Gasteiger partial charge on any atom is -0.395 e. The van der Waals surface area contributed by atoms with E-state index in [2.05, 4.69) is 0 Å². The second-order valence-corrected chi connectivity index (χ2v) is 7.07. The number of allylic oxidation sites excluding steroid dienone is 2. The Bertz CT molecular complexity index is 572. The molecule has 2 N–H and O–H groups in total. The summed E-state index contributed by atoms with van der Waals surface area (Å²) < 4.78 is 0. The van der Waals surface area contributed by atoms with E-state index in [0.29, 0.717) is 12.0 Å². The van der Waals surface area contributed by atoms with E-state index >= 15 is 0 Å². The Balaban J connectivity index is 2.27. The molecule has 0 saturated heterocycles. The third-order valence-corrected chi connectivity index (χ3v) is 5.83. The molecule has 0 amide bonds. The van der Waals surface area contributed by atoms with Crippen molar-refractivity contribution in [3.8, 4) is 0 Å². The molecule has 3 rings (SSSR count). The van der Waals surface area contributed by atoms with Gasteiger partial charge in [0.05, 0.1) is 5.70 Å². The summed E-state index contributed by atoms with van der Waals surface area (Å²) in [5, 5.41) is 0. The molecule has 4 nitrogen and oxygen atoms in total. The molecule has 0 radical (unpaired) electrons. The van der Waals surface area contributed by atoms with E-state index in [9.17, 15) is 14.4 Å². The SMILES string of the molecule is C[C@@H]1CC(=O)C(N)=C2C(=O)C(=O)[C@@H]3C(C3(C)C)[C@]21C. The molecule has 3 aliphatic carbocycles. The minimum atomic E-state index is -0.522. The molecule has 102 valence electrons. The third-order valence-electron chi connectivity index (χ3n) is 5.83. The van der Waals surface area contributed by atoms with E-state index in [4.69, 9.17) is 5.73 Å². The number of ketones is 3. The summed E-state index contributed by atoms with van der Waals surface area (Å²) in [5.74, 6) is -1.09. The van der Waals surface area contributed by atoms with Crippen molar-refractivity contribution in [2.75, 3.05) is 0 Å². The first-order chi connectivity index (χ1) is 8.65. The van der Waals surface area contributed by atoms with Gasteiger partial charge in [0, 0.05) is 23.3 Å². The van der Waals surface area contributed by atoms with Crippen molar-refractivity contribution in [2.24, 2.45) is 34.3 Å². The van der Waals surface area contributed by atoms with Crippen molar-refractivity contribution in [1.82, 2.24) is 0 Å². The largest absolute Gasteiger partial charge is 0.395 e. The van der Waals surface area contributed by atoms with E-state index in [0.717, 1.165) is 0 Å². The van der Waals surface area contributed by atoms with Crippen LogP contribution in [0.4, 0.5) is 0 Å². The normalized spacial score (nSPS) is 44.0. The quantitative estimate of drug-likeness (QED) is 0.665. The molecular weight excluding hydrogens is 242 g/mol. The number of fused-ring (bicyclic) bond motifs is 3. The van der Waals surface area contributed by atoms with Crippen LogP contribution in [0.1, 0.15) is 34.1 Å². The van der Waals surface area contributed by atoms with E-state index in [1.165, 1.54) is 0 Å². The molecule has 0 spiro atoms. The zero-order chi connectivity index (χ0) is 14.3. The molecule has 0 aromatic heterocycles. The highest BCUT2D eigenvalue weighted by molar-refractivity contribution is 6.47. The molecule has 0 aliphatic heterocycles. The summed E-state index contributed by atoms with van der Waals surface area (Å²) in [4.78, 5) is 36.4. The lowest BCUT2D eigenvalue weighted by molar-refractivity contribution is -0.139. The number of Topliss-reactive ketones (excluding diaryl/α,β-unsaturated/α-hetero) is 3. The molecule has 0 aromatic rings. The number of hydrogen-bond donors (Lipinski definition) is 1. The lowest BCUT2D eigenvalue weighted by Crippen LogP contribution is -2.48. The van der Waals surface area contributed by atoms with Crippen molar-refractivity contribution < 1.29 is 14.4 Å². The van der Waals surface area contributed by atoms with Crippen molar-refractivity contribution in [3.63, 3.8) is 0 Å². The second-order valence-electron chi connectivity index (χ2n) is 7.07. The molecule has 19 heavy (non-hydrogen) atoms. The third kappa shape index (κ3) is 1.18. The first kappa shape index (κ1) is 12.6. The number of carbonyl (C=O) groups is 3. The van der Waals surface area contributed by atoms with Crippen molar-refractivity contribution in [1.29, 1.82) is 0 Å². The van der Waals surface area contributed by atoms with Gasteiger partial charge in [-0.15, -0.1) is 0 Å². The van der Waals surface area contributed by atoms with Gasteiger partial charge in [0.15, 0.2) is 5.78 Å². The summed E-state index contributed by atoms with van der Waals surface area (Å²) in [6.45, 7) is 8.05. The van der Waals surface area contributed by atoms with Gasteiger partial charge in [-0.2, -0.15) is 0 Å². The molecule has 4 atom stereocenters. The molecule has 0 aromatic carbocycles. The number of carbonyl (C=O) groups excluding carboxylic acids is 3. The molecule has 3 aliphatic rings. The van der Waals surface area contributed by atoms with Crippen LogP contribution in [0.5, 0.6) is 0 Å². The van der Waals surface area contributed by atoms with Gasteiger partial charge < -0.3 is 5.73 Å². The van der Waals surface area contributed by atoms with Gasteiger partial charge in [0.25, 0.3) is 0 Å². The Kier molecular flexibility index (Phi) is 2.10. The Morgan fingerprint density at radius 3 is 2.32 bits per heavy atom. The number of rotatable bonds is 0.